The van der Waals surface area contributed by atoms with Gasteiger partial charge in [-0.25, -0.2) is 0 Å². The second-order valence-electron chi connectivity index (χ2n) is 6.07. The Labute approximate surface area is 168 Å². The van der Waals surface area contributed by atoms with E-state index in [1.54, 1.807) is 67.6 Å². The highest BCUT2D eigenvalue weighted by molar-refractivity contribution is 6.30. The van der Waals surface area contributed by atoms with Crippen LogP contribution >= 0.6 is 11.6 Å². The molecule has 28 heavy (non-hydrogen) atoms. The van der Waals surface area contributed by atoms with Crippen LogP contribution in [0.5, 0.6) is 5.75 Å². The number of carbonyl (C=O) groups is 2. The summed E-state index contributed by atoms with van der Waals surface area (Å²) in [5.74, 6) is -0.0932. The maximum absolute atomic E-state index is 12.6. The zero-order valence-corrected chi connectivity index (χ0v) is 15.9. The summed E-state index contributed by atoms with van der Waals surface area (Å²) in [6.45, 7) is 1.65. The summed E-state index contributed by atoms with van der Waals surface area (Å²) < 4.78 is 5.63. The molecule has 3 rings (SSSR count). The van der Waals surface area contributed by atoms with Gasteiger partial charge in [0.15, 0.2) is 6.10 Å². The zero-order chi connectivity index (χ0) is 19.9. The molecule has 3 aromatic carbocycles. The molecule has 3 aromatic rings. The lowest BCUT2D eigenvalue weighted by molar-refractivity contribution is -0.122. The number of amides is 2. The van der Waals surface area contributed by atoms with E-state index in [9.17, 15) is 9.59 Å². The van der Waals surface area contributed by atoms with E-state index in [0.717, 1.165) is 0 Å². The monoisotopic (exact) mass is 394 g/mol. The topological polar surface area (TPSA) is 67.4 Å². The number of para-hydroxylation sites is 2. The first kappa shape index (κ1) is 19.5. The Hall–Kier alpha value is -3.31. The van der Waals surface area contributed by atoms with Crippen LogP contribution in [0, 0.1) is 0 Å². The van der Waals surface area contributed by atoms with Gasteiger partial charge in [-0.15, -0.1) is 0 Å². The van der Waals surface area contributed by atoms with Crippen LogP contribution in [0.15, 0.2) is 78.9 Å². The molecular formula is C22H19ClN2O3. The Morgan fingerprint density at radius 2 is 1.50 bits per heavy atom. The maximum Gasteiger partial charge on any atom is 0.265 e. The van der Waals surface area contributed by atoms with E-state index in [-0.39, 0.29) is 11.8 Å². The van der Waals surface area contributed by atoms with Crippen molar-refractivity contribution in [1.29, 1.82) is 0 Å². The highest BCUT2D eigenvalue weighted by Gasteiger charge is 2.18. The second kappa shape index (κ2) is 9.06. The van der Waals surface area contributed by atoms with E-state index in [4.69, 9.17) is 16.3 Å². The molecule has 0 saturated carbocycles. The van der Waals surface area contributed by atoms with Gasteiger partial charge >= 0.3 is 0 Å². The molecule has 0 fully saturated rings. The van der Waals surface area contributed by atoms with Crippen LogP contribution in [-0.4, -0.2) is 17.9 Å². The molecule has 2 N–H and O–H groups in total. The Morgan fingerprint density at radius 1 is 0.857 bits per heavy atom. The first-order chi connectivity index (χ1) is 13.5. The van der Waals surface area contributed by atoms with Crippen LogP contribution < -0.4 is 15.4 Å². The van der Waals surface area contributed by atoms with Crippen LogP contribution in [-0.2, 0) is 4.79 Å². The molecular weight excluding hydrogens is 376 g/mol. The molecule has 2 amide bonds. The van der Waals surface area contributed by atoms with Crippen LogP contribution in [0.1, 0.15) is 17.3 Å². The third kappa shape index (κ3) is 5.11. The van der Waals surface area contributed by atoms with Crippen molar-refractivity contribution in [2.24, 2.45) is 0 Å². The van der Waals surface area contributed by atoms with Crippen molar-refractivity contribution in [1.82, 2.24) is 0 Å². The van der Waals surface area contributed by atoms with Gasteiger partial charge in [-0.1, -0.05) is 41.9 Å². The minimum atomic E-state index is -0.727. The molecule has 142 valence electrons. The summed E-state index contributed by atoms with van der Waals surface area (Å²) in [7, 11) is 0. The number of benzene rings is 3. The summed E-state index contributed by atoms with van der Waals surface area (Å²) in [5, 5.41) is 6.13. The van der Waals surface area contributed by atoms with Crippen molar-refractivity contribution in [3.8, 4) is 5.75 Å². The van der Waals surface area contributed by atoms with Crippen molar-refractivity contribution in [3.63, 3.8) is 0 Å². The van der Waals surface area contributed by atoms with Gasteiger partial charge in [0.25, 0.3) is 11.8 Å². The lowest BCUT2D eigenvalue weighted by Gasteiger charge is -2.16. The molecule has 5 nitrogen and oxygen atoms in total. The highest BCUT2D eigenvalue weighted by Crippen LogP contribution is 2.20. The predicted molar refractivity (Wildman–Crippen MR) is 111 cm³/mol. The Balaban J connectivity index is 1.69. The van der Waals surface area contributed by atoms with Gasteiger partial charge in [-0.05, 0) is 55.5 Å². The molecule has 0 unspecified atom stereocenters. The van der Waals surface area contributed by atoms with Gasteiger partial charge in [0.2, 0.25) is 0 Å². The molecule has 0 saturated heterocycles. The van der Waals surface area contributed by atoms with Gasteiger partial charge in [-0.2, -0.15) is 0 Å². The standard InChI is InChI=1S/C22H19ClN2O3/c1-15(28-18-7-3-2-4-8-18)21(26)25-20-10-6-5-9-19(20)22(27)24-17-13-11-16(23)12-14-17/h2-15H,1H3,(H,24,27)(H,25,26)/t15-/m1/s1. The van der Waals surface area contributed by atoms with E-state index in [2.05, 4.69) is 10.6 Å². The van der Waals surface area contributed by atoms with E-state index in [1.165, 1.54) is 0 Å². The average Bonchev–Trinajstić information content (AvgIpc) is 2.71. The van der Waals surface area contributed by atoms with Crippen molar-refractivity contribution < 1.29 is 14.3 Å². The van der Waals surface area contributed by atoms with Crippen LogP contribution in [0.25, 0.3) is 0 Å². The number of rotatable bonds is 6. The van der Waals surface area contributed by atoms with Crippen LogP contribution in [0.3, 0.4) is 0 Å². The molecule has 0 bridgehead atoms. The molecule has 1 atom stereocenters. The van der Waals surface area contributed by atoms with E-state index < -0.39 is 6.10 Å². The van der Waals surface area contributed by atoms with Crippen LogP contribution in [0.4, 0.5) is 11.4 Å². The Bertz CT molecular complexity index is 959. The smallest absolute Gasteiger partial charge is 0.265 e. The maximum atomic E-state index is 12.6. The van der Waals surface area contributed by atoms with Gasteiger partial charge in [-0.3, -0.25) is 9.59 Å². The first-order valence-electron chi connectivity index (χ1n) is 8.71. The molecule has 6 heteroatoms. The second-order valence-corrected chi connectivity index (χ2v) is 6.51. The SMILES string of the molecule is C[C@@H](Oc1ccccc1)C(=O)Nc1ccccc1C(=O)Nc1ccc(Cl)cc1. The molecule has 0 aliphatic heterocycles. The molecule has 0 spiro atoms. The van der Waals surface area contributed by atoms with Crippen molar-refractivity contribution in [2.45, 2.75) is 13.0 Å². The number of carbonyl (C=O) groups excluding carboxylic acids is 2. The number of ether oxygens (including phenoxy) is 1. The van der Waals surface area contributed by atoms with E-state index in [1.807, 2.05) is 18.2 Å². The lowest BCUT2D eigenvalue weighted by atomic mass is 10.1. The van der Waals surface area contributed by atoms with Crippen molar-refractivity contribution in [2.75, 3.05) is 10.6 Å². The molecule has 0 heterocycles. The Kier molecular flexibility index (Phi) is 6.29. The average molecular weight is 395 g/mol. The number of nitrogens with one attached hydrogen (secondary N) is 2. The number of hydrogen-bond acceptors (Lipinski definition) is 3. The van der Waals surface area contributed by atoms with Gasteiger partial charge in [0.1, 0.15) is 5.75 Å². The number of hydrogen-bond donors (Lipinski definition) is 2. The normalized spacial score (nSPS) is 11.4. The Morgan fingerprint density at radius 3 is 2.21 bits per heavy atom. The first-order valence-corrected chi connectivity index (χ1v) is 9.09. The third-order valence-electron chi connectivity index (χ3n) is 3.96. The lowest BCUT2D eigenvalue weighted by Crippen LogP contribution is -2.31. The van der Waals surface area contributed by atoms with Crippen molar-refractivity contribution in [3.05, 3.63) is 89.4 Å². The predicted octanol–water partition coefficient (Wildman–Crippen LogP) is 5.00. The van der Waals surface area contributed by atoms with E-state index in [0.29, 0.717) is 27.7 Å². The number of halogens is 1. The largest absolute Gasteiger partial charge is 0.481 e. The molecule has 0 radical (unpaired) electrons. The molecule has 0 aromatic heterocycles. The van der Waals surface area contributed by atoms with E-state index >= 15 is 0 Å². The fourth-order valence-electron chi connectivity index (χ4n) is 2.51. The summed E-state index contributed by atoms with van der Waals surface area (Å²) in [6.07, 6.45) is -0.727. The minimum Gasteiger partial charge on any atom is -0.481 e. The zero-order valence-electron chi connectivity index (χ0n) is 15.2. The summed E-state index contributed by atoms with van der Waals surface area (Å²) >= 11 is 5.86. The van der Waals surface area contributed by atoms with Gasteiger partial charge in [0, 0.05) is 10.7 Å². The highest BCUT2D eigenvalue weighted by atomic mass is 35.5. The summed E-state index contributed by atoms with van der Waals surface area (Å²) in [5.41, 5.74) is 1.36. The quantitative estimate of drug-likeness (QED) is 0.618. The summed E-state index contributed by atoms with van der Waals surface area (Å²) in [4.78, 5) is 25.1. The number of anilines is 2. The fraction of sp³-hybridized carbons (Fsp3) is 0.0909. The van der Waals surface area contributed by atoms with Crippen molar-refractivity contribution >= 4 is 34.8 Å². The fourth-order valence-corrected chi connectivity index (χ4v) is 2.64. The third-order valence-corrected chi connectivity index (χ3v) is 4.21. The van der Waals surface area contributed by atoms with Crippen LogP contribution in [0.2, 0.25) is 5.02 Å². The summed E-state index contributed by atoms with van der Waals surface area (Å²) in [6, 6.07) is 22.7. The molecule has 0 aliphatic rings. The van der Waals surface area contributed by atoms with Gasteiger partial charge in [0.05, 0.1) is 11.3 Å². The molecule has 0 aliphatic carbocycles. The van der Waals surface area contributed by atoms with Gasteiger partial charge < -0.3 is 15.4 Å². The minimum absolute atomic E-state index is 0.338.